The van der Waals surface area contributed by atoms with Crippen molar-refractivity contribution >= 4 is 12.4 Å². The molecule has 1 aromatic carbocycles. The van der Waals surface area contributed by atoms with Crippen molar-refractivity contribution in [2.75, 3.05) is 6.61 Å². The minimum atomic E-state index is -5.31. The number of benzene rings is 1. The van der Waals surface area contributed by atoms with Crippen molar-refractivity contribution in [3.8, 4) is 0 Å². The standard InChI is InChI=1S/C11H9F8NO.ClH/c12-9(13,4-21)8(20)6-2-1-5(10(14,15)16)3-7(6)11(17,18)19;/h1-3,8,21H,4,20H2;1H/t8-;/m0./s1. The van der Waals surface area contributed by atoms with Crippen molar-refractivity contribution in [3.63, 3.8) is 0 Å². The number of hydrogen-bond acceptors (Lipinski definition) is 2. The van der Waals surface area contributed by atoms with Crippen molar-refractivity contribution in [2.45, 2.75) is 24.3 Å². The number of halogens is 9. The molecule has 0 aliphatic heterocycles. The van der Waals surface area contributed by atoms with Gasteiger partial charge in [0.2, 0.25) is 0 Å². The van der Waals surface area contributed by atoms with E-state index in [0.717, 1.165) is 0 Å². The Bertz CT molecular complexity index is 514. The zero-order valence-corrected chi connectivity index (χ0v) is 11.3. The first-order valence-electron chi connectivity index (χ1n) is 5.33. The van der Waals surface area contributed by atoms with E-state index in [0.29, 0.717) is 0 Å². The van der Waals surface area contributed by atoms with Gasteiger partial charge in [0.15, 0.2) is 0 Å². The molecule has 3 N–H and O–H groups in total. The molecule has 11 heteroatoms. The molecule has 1 aromatic rings. The first-order chi connectivity index (χ1) is 9.30. The lowest BCUT2D eigenvalue weighted by Crippen LogP contribution is -2.37. The highest BCUT2D eigenvalue weighted by molar-refractivity contribution is 5.85. The Kier molecular flexibility index (Phi) is 6.21. The minimum Gasteiger partial charge on any atom is -0.390 e. The molecular weight excluding hydrogens is 350 g/mol. The van der Waals surface area contributed by atoms with Gasteiger partial charge in [-0.05, 0) is 17.7 Å². The van der Waals surface area contributed by atoms with Crippen LogP contribution in [-0.4, -0.2) is 17.6 Å². The maximum atomic E-state index is 13.2. The van der Waals surface area contributed by atoms with E-state index in [9.17, 15) is 35.1 Å². The molecular formula is C11H10ClF8NO. The smallest absolute Gasteiger partial charge is 0.390 e. The molecule has 0 heterocycles. The van der Waals surface area contributed by atoms with E-state index >= 15 is 0 Å². The first-order valence-corrected chi connectivity index (χ1v) is 5.33. The zero-order valence-electron chi connectivity index (χ0n) is 10.5. The number of hydrogen-bond donors (Lipinski definition) is 2. The summed E-state index contributed by atoms with van der Waals surface area (Å²) in [5, 5.41) is 8.41. The summed E-state index contributed by atoms with van der Waals surface area (Å²) in [5.74, 6) is -4.11. The van der Waals surface area contributed by atoms with Gasteiger partial charge in [-0.25, -0.2) is 8.78 Å². The van der Waals surface area contributed by atoms with E-state index in [1.54, 1.807) is 0 Å². The molecule has 0 aromatic heterocycles. The highest BCUT2D eigenvalue weighted by atomic mass is 35.5. The van der Waals surface area contributed by atoms with Crippen LogP contribution in [0, 0.1) is 0 Å². The lowest BCUT2D eigenvalue weighted by Gasteiger charge is -2.25. The fourth-order valence-corrected chi connectivity index (χ4v) is 1.58. The van der Waals surface area contributed by atoms with Crippen LogP contribution in [0.5, 0.6) is 0 Å². The van der Waals surface area contributed by atoms with Crippen LogP contribution in [0.25, 0.3) is 0 Å². The lowest BCUT2D eigenvalue weighted by molar-refractivity contribution is -0.144. The van der Waals surface area contributed by atoms with Crippen LogP contribution in [0.1, 0.15) is 22.7 Å². The quantitative estimate of drug-likeness (QED) is 0.807. The van der Waals surface area contributed by atoms with Gasteiger partial charge >= 0.3 is 12.4 Å². The molecule has 0 radical (unpaired) electrons. The summed E-state index contributed by atoms with van der Waals surface area (Å²) in [6.07, 6.45) is -10.4. The largest absolute Gasteiger partial charge is 0.416 e. The highest BCUT2D eigenvalue weighted by Gasteiger charge is 2.44. The number of rotatable bonds is 3. The molecule has 128 valence electrons. The van der Waals surface area contributed by atoms with Gasteiger partial charge in [-0.2, -0.15) is 26.3 Å². The lowest BCUT2D eigenvalue weighted by atomic mass is 9.94. The van der Waals surface area contributed by atoms with Gasteiger partial charge in [-0.1, -0.05) is 6.07 Å². The average molecular weight is 360 g/mol. The monoisotopic (exact) mass is 359 g/mol. The van der Waals surface area contributed by atoms with E-state index in [1.807, 2.05) is 0 Å². The normalized spacial score (nSPS) is 14.5. The highest BCUT2D eigenvalue weighted by Crippen LogP contribution is 2.41. The van der Waals surface area contributed by atoms with Gasteiger partial charge in [-0.3, -0.25) is 0 Å². The van der Waals surface area contributed by atoms with Crippen LogP contribution in [0.2, 0.25) is 0 Å². The van der Waals surface area contributed by atoms with E-state index in [4.69, 9.17) is 10.8 Å². The Balaban J connectivity index is 0.00000441. The average Bonchev–Trinajstić information content (AvgIpc) is 2.35. The van der Waals surface area contributed by atoms with Crippen molar-refractivity contribution in [2.24, 2.45) is 5.73 Å². The summed E-state index contributed by atoms with van der Waals surface area (Å²) in [5.41, 5.74) is 0.162. The van der Waals surface area contributed by atoms with Crippen LogP contribution in [0.15, 0.2) is 18.2 Å². The third-order valence-corrected chi connectivity index (χ3v) is 2.69. The zero-order chi connectivity index (χ0) is 16.6. The fourth-order valence-electron chi connectivity index (χ4n) is 1.58. The summed E-state index contributed by atoms with van der Waals surface area (Å²) in [4.78, 5) is 0. The van der Waals surface area contributed by atoms with Crippen LogP contribution in [-0.2, 0) is 12.4 Å². The predicted molar refractivity (Wildman–Crippen MR) is 62.7 cm³/mol. The van der Waals surface area contributed by atoms with Crippen LogP contribution < -0.4 is 5.73 Å². The maximum absolute atomic E-state index is 13.2. The first kappa shape index (κ1) is 20.9. The van der Waals surface area contributed by atoms with Gasteiger partial charge in [0.05, 0.1) is 17.2 Å². The third-order valence-electron chi connectivity index (χ3n) is 2.69. The molecule has 0 bridgehead atoms. The second-order valence-electron chi connectivity index (χ2n) is 4.19. The van der Waals surface area contributed by atoms with E-state index < -0.39 is 47.6 Å². The summed E-state index contributed by atoms with van der Waals surface area (Å²) < 4.78 is 102. The SMILES string of the molecule is Cl.N[C@@H](c1ccc(C(F)(F)F)cc1C(F)(F)F)C(F)(F)CO. The third kappa shape index (κ3) is 4.43. The Morgan fingerprint density at radius 3 is 1.82 bits per heavy atom. The van der Waals surface area contributed by atoms with Crippen molar-refractivity contribution in [3.05, 3.63) is 34.9 Å². The molecule has 1 rings (SSSR count). The molecule has 0 aliphatic carbocycles. The van der Waals surface area contributed by atoms with Crippen molar-refractivity contribution < 1.29 is 40.2 Å². The van der Waals surface area contributed by atoms with Gasteiger partial charge in [-0.15, -0.1) is 12.4 Å². The van der Waals surface area contributed by atoms with Crippen molar-refractivity contribution in [1.82, 2.24) is 0 Å². The Hall–Kier alpha value is -1.13. The molecule has 0 unspecified atom stereocenters. The second kappa shape index (κ2) is 6.55. The van der Waals surface area contributed by atoms with Crippen LogP contribution in [0.4, 0.5) is 35.1 Å². The van der Waals surface area contributed by atoms with Gasteiger partial charge in [0.1, 0.15) is 6.61 Å². The van der Waals surface area contributed by atoms with E-state index in [2.05, 4.69) is 0 Å². The van der Waals surface area contributed by atoms with E-state index in [1.165, 1.54) is 0 Å². The Labute approximate surface area is 125 Å². The predicted octanol–water partition coefficient (Wildman–Crippen LogP) is 3.77. The summed E-state index contributed by atoms with van der Waals surface area (Å²) in [6, 6.07) is -2.43. The van der Waals surface area contributed by atoms with Crippen LogP contribution in [0.3, 0.4) is 0 Å². The molecule has 0 saturated carbocycles. The number of alkyl halides is 8. The molecule has 0 aliphatic rings. The van der Waals surface area contributed by atoms with Gasteiger partial charge in [0.25, 0.3) is 5.92 Å². The maximum Gasteiger partial charge on any atom is 0.416 e. The summed E-state index contributed by atoms with van der Waals surface area (Å²) in [7, 11) is 0. The summed E-state index contributed by atoms with van der Waals surface area (Å²) >= 11 is 0. The van der Waals surface area contributed by atoms with Crippen LogP contribution >= 0.6 is 12.4 Å². The van der Waals surface area contributed by atoms with E-state index in [-0.39, 0.29) is 30.6 Å². The second-order valence-corrected chi connectivity index (χ2v) is 4.19. The number of aliphatic hydroxyl groups excluding tert-OH is 1. The number of nitrogens with two attached hydrogens (primary N) is 1. The van der Waals surface area contributed by atoms with Crippen molar-refractivity contribution in [1.29, 1.82) is 0 Å². The van der Waals surface area contributed by atoms with Gasteiger partial charge in [0, 0.05) is 0 Å². The number of aliphatic hydroxyl groups is 1. The molecule has 0 saturated heterocycles. The molecule has 0 fully saturated rings. The fraction of sp³-hybridized carbons (Fsp3) is 0.455. The Morgan fingerprint density at radius 2 is 1.45 bits per heavy atom. The molecule has 0 amide bonds. The minimum absolute atomic E-state index is 0. The molecule has 2 nitrogen and oxygen atoms in total. The molecule has 0 spiro atoms. The topological polar surface area (TPSA) is 46.2 Å². The molecule has 22 heavy (non-hydrogen) atoms. The van der Waals surface area contributed by atoms with Gasteiger partial charge < -0.3 is 10.8 Å². The Morgan fingerprint density at radius 1 is 0.955 bits per heavy atom. The molecule has 1 atom stereocenters. The summed E-state index contributed by atoms with van der Waals surface area (Å²) in [6.45, 7) is -1.84.